The van der Waals surface area contributed by atoms with Crippen LogP contribution in [0.2, 0.25) is 0 Å². The summed E-state index contributed by atoms with van der Waals surface area (Å²) in [5.74, 6) is 1.48. The maximum absolute atomic E-state index is 5.35. The number of hydrogen-bond acceptors (Lipinski definition) is 4. The number of methoxy groups -OCH3 is 2. The lowest BCUT2D eigenvalue weighted by Gasteiger charge is -2.26. The lowest BCUT2D eigenvalue weighted by atomic mass is 9.92. The van der Waals surface area contributed by atoms with E-state index in [9.17, 15) is 0 Å². The molecular weight excluding hydrogens is 264 g/mol. The molecule has 0 saturated carbocycles. The molecular formula is C17H20N2O2. The molecule has 3 rings (SSSR count). The molecule has 1 aliphatic carbocycles. The molecule has 1 aromatic heterocycles. The van der Waals surface area contributed by atoms with E-state index < -0.39 is 0 Å². The van der Waals surface area contributed by atoms with Crippen LogP contribution < -0.4 is 14.8 Å². The minimum Gasteiger partial charge on any atom is -0.493 e. The number of hydrogen-bond donors (Lipinski definition) is 1. The molecule has 4 heteroatoms. The van der Waals surface area contributed by atoms with Crippen molar-refractivity contribution in [2.45, 2.75) is 25.3 Å². The molecule has 0 amide bonds. The number of nitrogens with one attached hydrogen (secondary N) is 1. The molecule has 0 bridgehead atoms. The summed E-state index contributed by atoms with van der Waals surface area (Å²) in [5, 5.41) is 3.57. The molecule has 0 fully saturated rings. The smallest absolute Gasteiger partial charge is 0.162 e. The second-order valence-electron chi connectivity index (χ2n) is 5.21. The maximum atomic E-state index is 5.35. The summed E-state index contributed by atoms with van der Waals surface area (Å²) in [5.41, 5.74) is 3.54. The van der Waals surface area contributed by atoms with Crippen LogP contribution in [-0.2, 0) is 6.42 Å². The Morgan fingerprint density at radius 3 is 2.81 bits per heavy atom. The Morgan fingerprint density at radius 2 is 2.00 bits per heavy atom. The highest BCUT2D eigenvalue weighted by Crippen LogP contribution is 2.34. The number of benzene rings is 1. The molecule has 1 aliphatic rings. The standard InChI is InChI=1S/C17H20N2O2/c1-20-15-9-8-13(11-16(15)21-2)19-14-7-3-5-12-6-4-10-18-17(12)14/h4,6,8-11,14,19H,3,5,7H2,1-2H3. The van der Waals surface area contributed by atoms with Crippen molar-refractivity contribution >= 4 is 5.69 Å². The first-order valence-electron chi connectivity index (χ1n) is 7.24. The van der Waals surface area contributed by atoms with Crippen molar-refractivity contribution in [3.05, 3.63) is 47.8 Å². The fourth-order valence-corrected chi connectivity index (χ4v) is 2.88. The fourth-order valence-electron chi connectivity index (χ4n) is 2.88. The van der Waals surface area contributed by atoms with E-state index in [4.69, 9.17) is 9.47 Å². The Bertz CT molecular complexity index is 628. The SMILES string of the molecule is COc1ccc(NC2CCCc3cccnc32)cc1OC. The van der Waals surface area contributed by atoms with Gasteiger partial charge in [0.15, 0.2) is 11.5 Å². The summed E-state index contributed by atoms with van der Waals surface area (Å²) in [7, 11) is 3.30. The third kappa shape index (κ3) is 2.79. The Labute approximate surface area is 125 Å². The number of aromatic nitrogens is 1. The predicted octanol–water partition coefficient (Wildman–Crippen LogP) is 3.59. The molecule has 1 N–H and O–H groups in total. The normalized spacial score (nSPS) is 17.0. The van der Waals surface area contributed by atoms with Crippen molar-refractivity contribution in [1.82, 2.24) is 4.98 Å². The van der Waals surface area contributed by atoms with Gasteiger partial charge in [-0.05, 0) is 43.0 Å². The van der Waals surface area contributed by atoms with Gasteiger partial charge in [0.2, 0.25) is 0 Å². The number of pyridine rings is 1. The number of ether oxygens (including phenoxy) is 2. The van der Waals surface area contributed by atoms with Crippen LogP contribution in [0, 0.1) is 0 Å². The van der Waals surface area contributed by atoms with Gasteiger partial charge >= 0.3 is 0 Å². The van der Waals surface area contributed by atoms with E-state index in [0.29, 0.717) is 0 Å². The third-order valence-corrected chi connectivity index (χ3v) is 3.92. The molecule has 0 spiro atoms. The first kappa shape index (κ1) is 13.7. The molecule has 0 aliphatic heterocycles. The van der Waals surface area contributed by atoms with Crippen LogP contribution in [-0.4, -0.2) is 19.2 Å². The van der Waals surface area contributed by atoms with Crippen LogP contribution in [0.1, 0.15) is 30.1 Å². The minimum atomic E-state index is 0.257. The number of rotatable bonds is 4. The van der Waals surface area contributed by atoms with E-state index >= 15 is 0 Å². The van der Waals surface area contributed by atoms with Crippen LogP contribution in [0.5, 0.6) is 11.5 Å². The largest absolute Gasteiger partial charge is 0.493 e. The molecule has 1 unspecified atom stereocenters. The quantitative estimate of drug-likeness (QED) is 0.931. The number of fused-ring (bicyclic) bond motifs is 1. The summed E-state index contributed by atoms with van der Waals surface area (Å²) in [6.45, 7) is 0. The van der Waals surface area contributed by atoms with Gasteiger partial charge in [-0.1, -0.05) is 6.07 Å². The number of anilines is 1. The van der Waals surface area contributed by atoms with Crippen LogP contribution in [0.15, 0.2) is 36.5 Å². The zero-order valence-electron chi connectivity index (χ0n) is 12.4. The number of nitrogens with zero attached hydrogens (tertiary/aromatic N) is 1. The molecule has 21 heavy (non-hydrogen) atoms. The Balaban J connectivity index is 1.85. The molecule has 2 aromatic rings. The summed E-state index contributed by atoms with van der Waals surface area (Å²) in [6.07, 6.45) is 5.27. The van der Waals surface area contributed by atoms with Gasteiger partial charge in [0.1, 0.15) is 0 Å². The second-order valence-corrected chi connectivity index (χ2v) is 5.21. The van der Waals surface area contributed by atoms with Gasteiger partial charge in [0, 0.05) is 18.0 Å². The van der Waals surface area contributed by atoms with Crippen molar-refractivity contribution in [3.63, 3.8) is 0 Å². The third-order valence-electron chi connectivity index (χ3n) is 3.92. The van der Waals surface area contributed by atoms with Crippen LogP contribution in [0.4, 0.5) is 5.69 Å². The molecule has 110 valence electrons. The molecule has 0 radical (unpaired) electrons. The van der Waals surface area contributed by atoms with Gasteiger partial charge in [-0.3, -0.25) is 4.98 Å². The van der Waals surface area contributed by atoms with E-state index in [1.54, 1.807) is 14.2 Å². The van der Waals surface area contributed by atoms with E-state index in [0.717, 1.165) is 30.0 Å². The summed E-state index contributed by atoms with van der Waals surface area (Å²) >= 11 is 0. The molecule has 0 saturated heterocycles. The van der Waals surface area contributed by atoms with Crippen molar-refractivity contribution in [1.29, 1.82) is 0 Å². The van der Waals surface area contributed by atoms with E-state index in [-0.39, 0.29) is 6.04 Å². The first-order valence-corrected chi connectivity index (χ1v) is 7.24. The van der Waals surface area contributed by atoms with Gasteiger partial charge in [0.05, 0.1) is 26.0 Å². The van der Waals surface area contributed by atoms with Gasteiger partial charge in [-0.15, -0.1) is 0 Å². The van der Waals surface area contributed by atoms with Crippen LogP contribution in [0.3, 0.4) is 0 Å². The second kappa shape index (κ2) is 6.04. The molecule has 4 nitrogen and oxygen atoms in total. The molecule has 1 aromatic carbocycles. The van der Waals surface area contributed by atoms with Crippen LogP contribution in [0.25, 0.3) is 0 Å². The van der Waals surface area contributed by atoms with Gasteiger partial charge in [-0.2, -0.15) is 0 Å². The minimum absolute atomic E-state index is 0.257. The van der Waals surface area contributed by atoms with E-state index in [1.165, 1.54) is 17.7 Å². The highest BCUT2D eigenvalue weighted by molar-refractivity contribution is 5.55. The van der Waals surface area contributed by atoms with Crippen LogP contribution >= 0.6 is 0 Å². The lowest BCUT2D eigenvalue weighted by Crippen LogP contribution is -2.18. The Hall–Kier alpha value is -2.23. The maximum Gasteiger partial charge on any atom is 0.162 e. The van der Waals surface area contributed by atoms with Crippen molar-refractivity contribution < 1.29 is 9.47 Å². The van der Waals surface area contributed by atoms with Crippen molar-refractivity contribution in [2.24, 2.45) is 0 Å². The van der Waals surface area contributed by atoms with Crippen molar-refractivity contribution in [2.75, 3.05) is 19.5 Å². The average Bonchev–Trinajstić information content (AvgIpc) is 2.55. The summed E-state index contributed by atoms with van der Waals surface area (Å²) in [4.78, 5) is 4.55. The lowest BCUT2D eigenvalue weighted by molar-refractivity contribution is 0.355. The monoisotopic (exact) mass is 284 g/mol. The highest BCUT2D eigenvalue weighted by Gasteiger charge is 2.21. The van der Waals surface area contributed by atoms with Gasteiger partial charge in [0.25, 0.3) is 0 Å². The van der Waals surface area contributed by atoms with Crippen molar-refractivity contribution in [3.8, 4) is 11.5 Å². The molecule has 1 heterocycles. The highest BCUT2D eigenvalue weighted by atomic mass is 16.5. The zero-order chi connectivity index (χ0) is 14.7. The first-order chi connectivity index (χ1) is 10.3. The van der Waals surface area contributed by atoms with Gasteiger partial charge in [-0.25, -0.2) is 0 Å². The Kier molecular flexibility index (Phi) is 3.95. The van der Waals surface area contributed by atoms with E-state index in [2.05, 4.69) is 16.4 Å². The zero-order valence-corrected chi connectivity index (χ0v) is 12.4. The summed E-state index contributed by atoms with van der Waals surface area (Å²) < 4.78 is 10.6. The summed E-state index contributed by atoms with van der Waals surface area (Å²) in [6, 6.07) is 10.3. The topological polar surface area (TPSA) is 43.4 Å². The average molecular weight is 284 g/mol. The fraction of sp³-hybridized carbons (Fsp3) is 0.353. The Morgan fingerprint density at radius 1 is 1.14 bits per heavy atom. The van der Waals surface area contributed by atoms with Gasteiger partial charge < -0.3 is 14.8 Å². The number of aryl methyl sites for hydroxylation is 1. The molecule has 1 atom stereocenters. The van der Waals surface area contributed by atoms with E-state index in [1.807, 2.05) is 30.5 Å². The predicted molar refractivity (Wildman–Crippen MR) is 83.1 cm³/mol.